The average Bonchev–Trinajstić information content (AvgIpc) is 2.66. The Kier molecular flexibility index (Phi) is 5.18. The van der Waals surface area contributed by atoms with Crippen molar-refractivity contribution in [1.82, 2.24) is 10.9 Å². The molecule has 1 aliphatic rings. The number of amides is 2. The molecule has 0 fully saturated rings. The molecule has 0 aliphatic carbocycles. The number of carbonyl (C=O) groups excluding carboxylic acids is 2. The smallest absolute Gasteiger partial charge is 0.269 e. The Morgan fingerprint density at radius 2 is 1.48 bits per heavy atom. The number of hydrogen-bond donors (Lipinski definition) is 2. The van der Waals surface area contributed by atoms with Gasteiger partial charge in [-0.25, -0.2) is 0 Å². The summed E-state index contributed by atoms with van der Waals surface area (Å²) in [6, 6.07) is 12.2. The van der Waals surface area contributed by atoms with Gasteiger partial charge in [0.2, 0.25) is 0 Å². The average molecular weight is 340 g/mol. The van der Waals surface area contributed by atoms with E-state index in [4.69, 9.17) is 9.47 Å². The van der Waals surface area contributed by atoms with Gasteiger partial charge in [0, 0.05) is 11.1 Å². The number of ether oxygens (including phenoxy) is 2. The second kappa shape index (κ2) is 7.70. The molecule has 0 bridgehead atoms. The fourth-order valence-corrected chi connectivity index (χ4v) is 2.55. The van der Waals surface area contributed by atoms with Crippen LogP contribution in [-0.4, -0.2) is 25.0 Å². The Morgan fingerprint density at radius 3 is 2.16 bits per heavy atom. The van der Waals surface area contributed by atoms with Crippen molar-refractivity contribution in [3.63, 3.8) is 0 Å². The summed E-state index contributed by atoms with van der Waals surface area (Å²) in [5.74, 6) is 0.345. The summed E-state index contributed by atoms with van der Waals surface area (Å²) in [7, 11) is 0. The van der Waals surface area contributed by atoms with Crippen molar-refractivity contribution < 1.29 is 19.1 Å². The van der Waals surface area contributed by atoms with Crippen molar-refractivity contribution in [2.75, 3.05) is 13.2 Å². The molecule has 0 saturated carbocycles. The lowest BCUT2D eigenvalue weighted by molar-refractivity contribution is 0.0846. The maximum absolute atomic E-state index is 12.2. The quantitative estimate of drug-likeness (QED) is 0.839. The number of fused-ring (bicyclic) bond motifs is 1. The van der Waals surface area contributed by atoms with E-state index in [9.17, 15) is 9.59 Å². The maximum atomic E-state index is 12.2. The molecular weight excluding hydrogens is 320 g/mol. The van der Waals surface area contributed by atoms with Crippen LogP contribution in [0, 0.1) is 0 Å². The third-order valence-electron chi connectivity index (χ3n) is 3.85. The zero-order valence-corrected chi connectivity index (χ0v) is 14.0. The minimum Gasteiger partial charge on any atom is -0.486 e. The van der Waals surface area contributed by atoms with E-state index >= 15 is 0 Å². The predicted molar refractivity (Wildman–Crippen MR) is 92.8 cm³/mol. The van der Waals surface area contributed by atoms with Crippen molar-refractivity contribution in [2.24, 2.45) is 0 Å². The van der Waals surface area contributed by atoms with Crippen LogP contribution in [0.15, 0.2) is 42.5 Å². The zero-order valence-electron chi connectivity index (χ0n) is 14.0. The van der Waals surface area contributed by atoms with E-state index in [1.165, 1.54) is 5.56 Å². The molecule has 6 nitrogen and oxygen atoms in total. The van der Waals surface area contributed by atoms with Crippen molar-refractivity contribution >= 4 is 11.8 Å². The molecule has 0 saturated heterocycles. The second-order valence-corrected chi connectivity index (χ2v) is 5.71. The van der Waals surface area contributed by atoms with Gasteiger partial charge in [-0.3, -0.25) is 20.4 Å². The molecule has 2 amide bonds. The largest absolute Gasteiger partial charge is 0.486 e. The molecular formula is C19H20N2O4. The maximum Gasteiger partial charge on any atom is 0.269 e. The summed E-state index contributed by atoms with van der Waals surface area (Å²) in [5.41, 5.74) is 6.87. The fourth-order valence-electron chi connectivity index (χ4n) is 2.55. The zero-order chi connectivity index (χ0) is 17.6. The van der Waals surface area contributed by atoms with Gasteiger partial charge in [0.05, 0.1) is 0 Å². The number of rotatable bonds is 4. The first-order valence-corrected chi connectivity index (χ1v) is 8.26. The highest BCUT2D eigenvalue weighted by molar-refractivity contribution is 5.99. The standard InChI is InChI=1S/C19H20N2O4/c1-2-3-13-4-6-14(7-5-13)18(22)20-21-19(23)15-8-9-16-17(12-15)25-11-10-24-16/h4-9,12H,2-3,10-11H2,1H3,(H,20,22)(H,21,23). The normalized spacial score (nSPS) is 12.4. The minimum absolute atomic E-state index is 0.367. The Hall–Kier alpha value is -3.02. The second-order valence-electron chi connectivity index (χ2n) is 5.71. The van der Waals surface area contributed by atoms with Crippen LogP contribution < -0.4 is 20.3 Å². The Bertz CT molecular complexity index is 771. The molecule has 6 heteroatoms. The van der Waals surface area contributed by atoms with Crippen LogP contribution in [-0.2, 0) is 6.42 Å². The molecule has 0 spiro atoms. The highest BCUT2D eigenvalue weighted by Crippen LogP contribution is 2.30. The lowest BCUT2D eigenvalue weighted by atomic mass is 10.1. The van der Waals surface area contributed by atoms with Gasteiger partial charge in [-0.05, 0) is 42.3 Å². The number of hydrazine groups is 1. The monoisotopic (exact) mass is 340 g/mol. The van der Waals surface area contributed by atoms with Crippen molar-refractivity contribution in [3.8, 4) is 11.5 Å². The number of aryl methyl sites for hydroxylation is 1. The molecule has 1 aliphatic heterocycles. The SMILES string of the molecule is CCCc1ccc(C(=O)NNC(=O)c2ccc3c(c2)OCCO3)cc1. The summed E-state index contributed by atoms with van der Waals surface area (Å²) in [5, 5.41) is 0. The number of nitrogens with one attached hydrogen (secondary N) is 2. The lowest BCUT2D eigenvalue weighted by Crippen LogP contribution is -2.41. The molecule has 2 N–H and O–H groups in total. The molecule has 0 aromatic heterocycles. The van der Waals surface area contributed by atoms with E-state index in [1.807, 2.05) is 12.1 Å². The van der Waals surface area contributed by atoms with Gasteiger partial charge >= 0.3 is 0 Å². The molecule has 2 aromatic carbocycles. The Morgan fingerprint density at radius 1 is 0.880 bits per heavy atom. The summed E-state index contributed by atoms with van der Waals surface area (Å²) in [6.45, 7) is 3.04. The van der Waals surface area contributed by atoms with Crippen molar-refractivity contribution in [2.45, 2.75) is 19.8 Å². The molecule has 130 valence electrons. The van der Waals surface area contributed by atoms with Crippen molar-refractivity contribution in [3.05, 3.63) is 59.2 Å². The van der Waals surface area contributed by atoms with E-state index in [1.54, 1.807) is 30.3 Å². The summed E-state index contributed by atoms with van der Waals surface area (Å²) < 4.78 is 10.9. The Balaban J connectivity index is 1.59. The van der Waals surface area contributed by atoms with Gasteiger partial charge in [-0.15, -0.1) is 0 Å². The first kappa shape index (κ1) is 16.8. The summed E-state index contributed by atoms with van der Waals surface area (Å²) >= 11 is 0. The fraction of sp³-hybridized carbons (Fsp3) is 0.263. The number of hydrogen-bond acceptors (Lipinski definition) is 4. The minimum atomic E-state index is -0.423. The van der Waals surface area contributed by atoms with Crippen LogP contribution in [0.3, 0.4) is 0 Å². The first-order chi connectivity index (χ1) is 12.2. The van der Waals surface area contributed by atoms with E-state index in [-0.39, 0.29) is 5.91 Å². The van der Waals surface area contributed by atoms with Gasteiger partial charge in [0.25, 0.3) is 11.8 Å². The predicted octanol–water partition coefficient (Wildman–Crippen LogP) is 2.49. The van der Waals surface area contributed by atoms with Crippen LogP contribution in [0.4, 0.5) is 0 Å². The molecule has 1 heterocycles. The Labute approximate surface area is 146 Å². The highest BCUT2D eigenvalue weighted by atomic mass is 16.6. The third-order valence-corrected chi connectivity index (χ3v) is 3.85. The molecule has 0 radical (unpaired) electrons. The third kappa shape index (κ3) is 4.09. The van der Waals surface area contributed by atoms with Gasteiger partial charge in [-0.2, -0.15) is 0 Å². The van der Waals surface area contributed by atoms with Gasteiger partial charge < -0.3 is 9.47 Å². The molecule has 0 unspecified atom stereocenters. The van der Waals surface area contributed by atoms with Gasteiger partial charge in [-0.1, -0.05) is 25.5 Å². The molecule has 3 rings (SSSR count). The summed E-state index contributed by atoms with van der Waals surface area (Å²) in [4.78, 5) is 24.3. The molecule has 2 aromatic rings. The van der Waals surface area contributed by atoms with E-state index in [0.717, 1.165) is 12.8 Å². The van der Waals surface area contributed by atoms with E-state index < -0.39 is 5.91 Å². The van der Waals surface area contributed by atoms with Gasteiger partial charge in [0.1, 0.15) is 13.2 Å². The van der Waals surface area contributed by atoms with Crippen molar-refractivity contribution in [1.29, 1.82) is 0 Å². The van der Waals surface area contributed by atoms with Crippen LogP contribution in [0.1, 0.15) is 39.6 Å². The number of benzene rings is 2. The van der Waals surface area contributed by atoms with Crippen LogP contribution >= 0.6 is 0 Å². The van der Waals surface area contributed by atoms with Gasteiger partial charge in [0.15, 0.2) is 11.5 Å². The summed E-state index contributed by atoms with van der Waals surface area (Å²) in [6.07, 6.45) is 2.03. The topological polar surface area (TPSA) is 76.7 Å². The molecule has 0 atom stereocenters. The van der Waals surface area contributed by atoms with Crippen LogP contribution in [0.5, 0.6) is 11.5 Å². The number of carbonyl (C=O) groups is 2. The van der Waals surface area contributed by atoms with Crippen LogP contribution in [0.25, 0.3) is 0 Å². The van der Waals surface area contributed by atoms with E-state index in [0.29, 0.717) is 35.8 Å². The highest BCUT2D eigenvalue weighted by Gasteiger charge is 2.15. The first-order valence-electron chi connectivity index (χ1n) is 8.26. The molecule has 25 heavy (non-hydrogen) atoms. The van der Waals surface area contributed by atoms with E-state index in [2.05, 4.69) is 17.8 Å². The van der Waals surface area contributed by atoms with Crippen LogP contribution in [0.2, 0.25) is 0 Å². The lowest BCUT2D eigenvalue weighted by Gasteiger charge is -2.18.